The van der Waals surface area contributed by atoms with Gasteiger partial charge in [0.15, 0.2) is 5.78 Å². The third-order valence-electron chi connectivity index (χ3n) is 6.40. The van der Waals surface area contributed by atoms with E-state index in [-0.39, 0.29) is 11.5 Å². The van der Waals surface area contributed by atoms with Crippen LogP contribution in [-0.4, -0.2) is 10.9 Å². The van der Waals surface area contributed by atoms with Gasteiger partial charge in [0, 0.05) is 6.42 Å². The van der Waals surface area contributed by atoms with Crippen molar-refractivity contribution in [3.63, 3.8) is 0 Å². The first-order valence-electron chi connectivity index (χ1n) is 11.1. The van der Waals surface area contributed by atoms with E-state index in [9.17, 15) is 9.90 Å². The van der Waals surface area contributed by atoms with Crippen LogP contribution in [0.1, 0.15) is 93.5 Å². The van der Waals surface area contributed by atoms with Crippen molar-refractivity contribution in [1.29, 1.82) is 0 Å². The summed E-state index contributed by atoms with van der Waals surface area (Å²) in [4.78, 5) is 11.8. The Morgan fingerprint density at radius 1 is 0.929 bits per heavy atom. The van der Waals surface area contributed by atoms with E-state index >= 15 is 0 Å². The molecule has 2 nitrogen and oxygen atoms in total. The first-order chi connectivity index (χ1) is 13.6. The molecule has 0 saturated heterocycles. The summed E-state index contributed by atoms with van der Waals surface area (Å²) >= 11 is 0. The summed E-state index contributed by atoms with van der Waals surface area (Å²) in [5, 5.41) is 10.2. The molecule has 0 bridgehead atoms. The van der Waals surface area contributed by atoms with E-state index in [0.29, 0.717) is 17.9 Å². The third kappa shape index (κ3) is 5.04. The van der Waals surface area contributed by atoms with Crippen molar-refractivity contribution in [3.8, 4) is 16.9 Å². The van der Waals surface area contributed by atoms with Crippen LogP contribution >= 0.6 is 0 Å². The smallest absolute Gasteiger partial charge is 0.166 e. The number of phenolic OH excluding ortho intramolecular Hbond substituents is 1. The quantitative estimate of drug-likeness (QED) is 0.381. The summed E-state index contributed by atoms with van der Waals surface area (Å²) in [5.41, 5.74) is 3.90. The SMILES string of the molecule is CCCCCC1CCC(c2ccc(-c3ccc(C(=O)CC)c(O)c3)cc2)CC1. The van der Waals surface area contributed by atoms with Gasteiger partial charge >= 0.3 is 0 Å². The zero-order chi connectivity index (χ0) is 19.9. The molecular formula is C26H34O2. The number of unbranched alkanes of at least 4 members (excludes halogenated alkanes) is 2. The van der Waals surface area contributed by atoms with Crippen molar-refractivity contribution >= 4 is 5.78 Å². The van der Waals surface area contributed by atoms with E-state index in [4.69, 9.17) is 0 Å². The minimum atomic E-state index is -0.0234. The van der Waals surface area contributed by atoms with Gasteiger partial charge in [-0.2, -0.15) is 0 Å². The second kappa shape index (κ2) is 9.91. The highest BCUT2D eigenvalue weighted by atomic mass is 16.3. The maximum absolute atomic E-state index is 11.8. The number of hydrogen-bond acceptors (Lipinski definition) is 2. The second-order valence-corrected chi connectivity index (χ2v) is 8.34. The largest absolute Gasteiger partial charge is 0.507 e. The number of rotatable bonds is 8. The summed E-state index contributed by atoms with van der Waals surface area (Å²) in [7, 11) is 0. The fourth-order valence-electron chi connectivity index (χ4n) is 4.55. The predicted octanol–water partition coefficient (Wildman–Crippen LogP) is 7.51. The van der Waals surface area contributed by atoms with Crippen molar-refractivity contribution in [2.75, 3.05) is 0 Å². The van der Waals surface area contributed by atoms with Crippen LogP contribution in [0.3, 0.4) is 0 Å². The van der Waals surface area contributed by atoms with Gasteiger partial charge < -0.3 is 5.11 Å². The normalized spacial score (nSPS) is 19.5. The summed E-state index contributed by atoms with van der Waals surface area (Å²) < 4.78 is 0. The molecule has 28 heavy (non-hydrogen) atoms. The molecule has 0 radical (unpaired) electrons. The summed E-state index contributed by atoms with van der Waals surface area (Å²) in [6.07, 6.45) is 11.3. The van der Waals surface area contributed by atoms with Crippen molar-refractivity contribution < 1.29 is 9.90 Å². The molecule has 1 fully saturated rings. The van der Waals surface area contributed by atoms with Gasteiger partial charge in [-0.3, -0.25) is 4.79 Å². The van der Waals surface area contributed by atoms with E-state index in [1.54, 1.807) is 12.1 Å². The molecule has 2 heteroatoms. The number of carbonyl (C=O) groups excluding carboxylic acids is 1. The maximum Gasteiger partial charge on any atom is 0.166 e. The van der Waals surface area contributed by atoms with Gasteiger partial charge in [0.05, 0.1) is 5.56 Å². The topological polar surface area (TPSA) is 37.3 Å². The molecule has 0 heterocycles. The molecule has 1 aliphatic carbocycles. The fourth-order valence-corrected chi connectivity index (χ4v) is 4.55. The van der Waals surface area contributed by atoms with Crippen molar-refractivity contribution in [3.05, 3.63) is 53.6 Å². The van der Waals surface area contributed by atoms with Crippen LogP contribution in [-0.2, 0) is 0 Å². The maximum atomic E-state index is 11.8. The van der Waals surface area contributed by atoms with Crippen LogP contribution in [0.25, 0.3) is 11.1 Å². The first kappa shape index (κ1) is 20.6. The Morgan fingerprint density at radius 2 is 1.61 bits per heavy atom. The van der Waals surface area contributed by atoms with E-state index in [1.807, 2.05) is 13.0 Å². The number of ketones is 1. The van der Waals surface area contributed by atoms with Gasteiger partial charge in [-0.05, 0) is 66.3 Å². The number of benzene rings is 2. The Morgan fingerprint density at radius 3 is 2.21 bits per heavy atom. The molecular weight excluding hydrogens is 344 g/mol. The lowest BCUT2D eigenvalue weighted by Gasteiger charge is -2.29. The van der Waals surface area contributed by atoms with Crippen LogP contribution in [0.5, 0.6) is 5.75 Å². The Kier molecular flexibility index (Phi) is 7.30. The van der Waals surface area contributed by atoms with Crippen molar-refractivity contribution in [2.45, 2.75) is 77.6 Å². The molecule has 150 valence electrons. The molecule has 0 atom stereocenters. The number of aromatic hydroxyl groups is 1. The van der Waals surface area contributed by atoms with Crippen LogP contribution in [0, 0.1) is 5.92 Å². The molecule has 2 aromatic rings. The Hall–Kier alpha value is -2.09. The molecule has 1 aliphatic rings. The van der Waals surface area contributed by atoms with Gasteiger partial charge in [0.25, 0.3) is 0 Å². The average molecular weight is 379 g/mol. The highest BCUT2D eigenvalue weighted by molar-refractivity contribution is 5.99. The molecule has 0 amide bonds. The van der Waals surface area contributed by atoms with E-state index < -0.39 is 0 Å². The highest BCUT2D eigenvalue weighted by Gasteiger charge is 2.22. The molecule has 1 saturated carbocycles. The lowest BCUT2D eigenvalue weighted by molar-refractivity contribution is 0.0985. The average Bonchev–Trinajstić information content (AvgIpc) is 2.74. The van der Waals surface area contributed by atoms with Crippen LogP contribution < -0.4 is 0 Å². The van der Waals surface area contributed by atoms with Gasteiger partial charge in [0.1, 0.15) is 5.75 Å². The molecule has 0 aliphatic heterocycles. The monoisotopic (exact) mass is 378 g/mol. The van der Waals surface area contributed by atoms with Crippen molar-refractivity contribution in [1.82, 2.24) is 0 Å². The van der Waals surface area contributed by atoms with Gasteiger partial charge in [-0.25, -0.2) is 0 Å². The molecule has 0 unspecified atom stereocenters. The standard InChI is InChI=1S/C26H34O2/c1-3-5-6-7-19-8-10-20(11-9-19)21-12-14-22(15-13-21)23-16-17-24(25(27)4-2)26(28)18-23/h12-20,28H,3-11H2,1-2H3. The van der Waals surface area contributed by atoms with Gasteiger partial charge in [0.2, 0.25) is 0 Å². The summed E-state index contributed by atoms with van der Waals surface area (Å²) in [6, 6.07) is 14.2. The lowest BCUT2D eigenvalue weighted by atomic mass is 9.77. The number of carbonyl (C=O) groups is 1. The molecule has 1 N–H and O–H groups in total. The number of Topliss-reactive ketones (excluding diaryl/α,β-unsaturated/α-hetero) is 1. The lowest BCUT2D eigenvalue weighted by Crippen LogP contribution is -2.13. The zero-order valence-electron chi connectivity index (χ0n) is 17.4. The van der Waals surface area contributed by atoms with Crippen LogP contribution in [0.15, 0.2) is 42.5 Å². The number of phenols is 1. The minimum absolute atomic E-state index is 0.0234. The minimum Gasteiger partial charge on any atom is -0.507 e. The van der Waals surface area contributed by atoms with E-state index in [0.717, 1.165) is 17.0 Å². The molecule has 2 aromatic carbocycles. The Bertz CT molecular complexity index is 768. The molecule has 3 rings (SSSR count). The predicted molar refractivity (Wildman–Crippen MR) is 117 cm³/mol. The fraction of sp³-hybridized carbons (Fsp3) is 0.500. The summed E-state index contributed by atoms with van der Waals surface area (Å²) in [6.45, 7) is 4.09. The van der Waals surface area contributed by atoms with E-state index in [1.165, 1.54) is 56.9 Å². The molecule has 0 aromatic heterocycles. The highest BCUT2D eigenvalue weighted by Crippen LogP contribution is 2.38. The van der Waals surface area contributed by atoms with Crippen molar-refractivity contribution in [2.24, 2.45) is 5.92 Å². The number of hydrogen-bond donors (Lipinski definition) is 1. The third-order valence-corrected chi connectivity index (χ3v) is 6.40. The first-order valence-corrected chi connectivity index (χ1v) is 11.1. The van der Waals surface area contributed by atoms with E-state index in [2.05, 4.69) is 31.2 Å². The zero-order valence-corrected chi connectivity index (χ0v) is 17.4. The molecule has 0 spiro atoms. The Labute approximate surface area is 170 Å². The van der Waals surface area contributed by atoms with Crippen LogP contribution in [0.4, 0.5) is 0 Å². The van der Waals surface area contributed by atoms with Gasteiger partial charge in [-0.15, -0.1) is 0 Å². The van der Waals surface area contributed by atoms with Crippen LogP contribution in [0.2, 0.25) is 0 Å². The Balaban J connectivity index is 1.61. The summed E-state index contributed by atoms with van der Waals surface area (Å²) in [5.74, 6) is 1.68. The second-order valence-electron chi connectivity index (χ2n) is 8.34. The van der Waals surface area contributed by atoms with Gasteiger partial charge in [-0.1, -0.05) is 69.9 Å².